The van der Waals surface area contributed by atoms with E-state index in [1.54, 1.807) is 0 Å². The fourth-order valence-corrected chi connectivity index (χ4v) is 1.11. The number of carbonyl (C=O) groups is 1. The highest BCUT2D eigenvalue weighted by Gasteiger charge is 2.02. The monoisotopic (exact) mass is 214 g/mol. The van der Waals surface area contributed by atoms with Crippen LogP contribution in [0.25, 0.3) is 0 Å². The van der Waals surface area contributed by atoms with Gasteiger partial charge in [0.05, 0.1) is 15.6 Å². The highest BCUT2D eigenvalue weighted by atomic mass is 35.5. The van der Waals surface area contributed by atoms with Crippen LogP contribution < -0.4 is 5.73 Å². The lowest BCUT2D eigenvalue weighted by atomic mass is 10.3. The molecule has 0 aliphatic carbocycles. The summed E-state index contributed by atoms with van der Waals surface area (Å²) in [6.07, 6.45) is 2.77. The van der Waals surface area contributed by atoms with Crippen molar-refractivity contribution in [2.45, 2.75) is 0 Å². The van der Waals surface area contributed by atoms with Gasteiger partial charge in [0.15, 0.2) is 0 Å². The second-order valence-corrected chi connectivity index (χ2v) is 2.91. The molecule has 1 amide bonds. The quantitative estimate of drug-likeness (QED) is 0.661. The number of carbonyl (C=O) groups excluding carboxylic acids is 1. The Kier molecular flexibility index (Phi) is 3.13. The van der Waals surface area contributed by atoms with Crippen LogP contribution in [0, 0.1) is 11.8 Å². The molecule has 5 heteroatoms. The summed E-state index contributed by atoms with van der Waals surface area (Å²) in [5, 5.41) is 0.586. The minimum Gasteiger partial charge on any atom is -0.359 e. The van der Waals surface area contributed by atoms with Crippen LogP contribution in [0.5, 0.6) is 0 Å². The lowest BCUT2D eigenvalue weighted by molar-refractivity contribution is -0.112. The van der Waals surface area contributed by atoms with Crippen LogP contribution in [0.1, 0.15) is 5.56 Å². The molecule has 1 aromatic heterocycles. The van der Waals surface area contributed by atoms with Crippen molar-refractivity contribution in [1.29, 1.82) is 0 Å². The molecule has 0 spiro atoms. The molecule has 2 N–H and O–H groups in total. The van der Waals surface area contributed by atoms with Gasteiger partial charge >= 0.3 is 0 Å². The molecule has 1 rings (SSSR count). The molecule has 1 heterocycles. The van der Waals surface area contributed by atoms with Gasteiger partial charge in [-0.2, -0.15) is 0 Å². The van der Waals surface area contributed by atoms with Gasteiger partial charge in [-0.05, 0) is 0 Å². The molecule has 66 valence electrons. The Labute approximate surface area is 84.9 Å². The van der Waals surface area contributed by atoms with Gasteiger partial charge in [0.1, 0.15) is 0 Å². The molecule has 3 nitrogen and oxygen atoms in total. The van der Waals surface area contributed by atoms with Gasteiger partial charge in [-0.15, -0.1) is 0 Å². The van der Waals surface area contributed by atoms with Crippen LogP contribution in [-0.4, -0.2) is 10.9 Å². The number of pyridine rings is 1. The van der Waals surface area contributed by atoms with Crippen molar-refractivity contribution in [3.63, 3.8) is 0 Å². The normalized spacial score (nSPS) is 8.77. The Balaban J connectivity index is 3.16. The van der Waals surface area contributed by atoms with Crippen LogP contribution in [0.3, 0.4) is 0 Å². The molecule has 0 bridgehead atoms. The highest BCUT2D eigenvalue weighted by molar-refractivity contribution is 6.36. The summed E-state index contributed by atoms with van der Waals surface area (Å²) in [4.78, 5) is 14.1. The minimum atomic E-state index is -0.732. The van der Waals surface area contributed by atoms with Crippen molar-refractivity contribution in [2.24, 2.45) is 5.73 Å². The SMILES string of the molecule is NC(=O)C#Cc1c(Cl)cncc1Cl. The van der Waals surface area contributed by atoms with Gasteiger partial charge in [0, 0.05) is 18.3 Å². The zero-order valence-corrected chi connectivity index (χ0v) is 7.86. The Morgan fingerprint density at radius 3 is 2.38 bits per heavy atom. The van der Waals surface area contributed by atoms with E-state index in [2.05, 4.69) is 16.8 Å². The molecule has 0 aliphatic rings. The van der Waals surface area contributed by atoms with Crippen molar-refractivity contribution >= 4 is 29.1 Å². The first kappa shape index (κ1) is 9.85. The van der Waals surface area contributed by atoms with Crippen LogP contribution in [-0.2, 0) is 4.79 Å². The number of hydrogen-bond donors (Lipinski definition) is 1. The second kappa shape index (κ2) is 4.13. The summed E-state index contributed by atoms with van der Waals surface area (Å²) in [6.45, 7) is 0. The van der Waals surface area contributed by atoms with Crippen LogP contribution in [0.15, 0.2) is 12.4 Å². The number of amides is 1. The minimum absolute atomic E-state index is 0.293. The first-order valence-corrected chi connectivity index (χ1v) is 3.97. The molecule has 13 heavy (non-hydrogen) atoms. The highest BCUT2D eigenvalue weighted by Crippen LogP contribution is 2.21. The maximum atomic E-state index is 10.3. The fourth-order valence-electron chi connectivity index (χ4n) is 0.655. The first-order valence-electron chi connectivity index (χ1n) is 3.21. The van der Waals surface area contributed by atoms with Gasteiger partial charge < -0.3 is 5.73 Å². The van der Waals surface area contributed by atoms with E-state index < -0.39 is 5.91 Å². The number of nitrogens with zero attached hydrogens (tertiary/aromatic N) is 1. The second-order valence-electron chi connectivity index (χ2n) is 2.09. The maximum Gasteiger partial charge on any atom is 0.293 e. The van der Waals surface area contributed by atoms with Gasteiger partial charge in [-0.3, -0.25) is 9.78 Å². The van der Waals surface area contributed by atoms with Crippen LogP contribution >= 0.6 is 23.2 Å². The fraction of sp³-hybridized carbons (Fsp3) is 0. The molecule has 0 aromatic carbocycles. The lowest BCUT2D eigenvalue weighted by Crippen LogP contribution is -2.06. The molecule has 0 saturated heterocycles. The molecule has 0 aliphatic heterocycles. The Morgan fingerprint density at radius 2 is 1.92 bits per heavy atom. The lowest BCUT2D eigenvalue weighted by Gasteiger charge is -1.95. The molecule has 0 atom stereocenters. The van der Waals surface area contributed by atoms with E-state index in [-0.39, 0.29) is 0 Å². The summed E-state index contributed by atoms with van der Waals surface area (Å²) >= 11 is 11.4. The largest absolute Gasteiger partial charge is 0.359 e. The first-order chi connectivity index (χ1) is 6.11. The number of hydrogen-bond acceptors (Lipinski definition) is 2. The average molecular weight is 215 g/mol. The zero-order valence-electron chi connectivity index (χ0n) is 6.34. The molecule has 1 aromatic rings. The standard InChI is InChI=1S/C8H4Cl2N2O/c9-6-3-12-4-7(10)5(6)1-2-8(11)13/h3-4H,(H2,11,13). The van der Waals surface area contributed by atoms with E-state index in [0.29, 0.717) is 15.6 Å². The van der Waals surface area contributed by atoms with Gasteiger partial charge in [0.25, 0.3) is 5.91 Å². The summed E-state index contributed by atoms with van der Waals surface area (Å²) < 4.78 is 0. The Bertz CT molecular complexity index is 386. The zero-order chi connectivity index (χ0) is 9.84. The molecule has 0 unspecified atom stereocenters. The molecule has 0 saturated carbocycles. The Hall–Kier alpha value is -1.24. The topological polar surface area (TPSA) is 56.0 Å². The van der Waals surface area contributed by atoms with Crippen molar-refractivity contribution in [3.05, 3.63) is 28.0 Å². The van der Waals surface area contributed by atoms with Crippen molar-refractivity contribution in [2.75, 3.05) is 0 Å². The summed E-state index contributed by atoms with van der Waals surface area (Å²) in [7, 11) is 0. The third kappa shape index (κ3) is 2.62. The number of halogens is 2. The van der Waals surface area contributed by atoms with Crippen LogP contribution in [0.2, 0.25) is 10.0 Å². The van der Waals surface area contributed by atoms with Gasteiger partial charge in [-0.25, -0.2) is 0 Å². The molecular weight excluding hydrogens is 211 g/mol. The number of rotatable bonds is 0. The van der Waals surface area contributed by atoms with E-state index in [1.165, 1.54) is 12.4 Å². The van der Waals surface area contributed by atoms with Crippen molar-refractivity contribution < 1.29 is 4.79 Å². The van der Waals surface area contributed by atoms with Crippen LogP contribution in [0.4, 0.5) is 0 Å². The summed E-state index contributed by atoms with van der Waals surface area (Å²) in [5.41, 5.74) is 5.18. The molecular formula is C8H4Cl2N2O. The van der Waals surface area contributed by atoms with Gasteiger partial charge in [-0.1, -0.05) is 29.1 Å². The van der Waals surface area contributed by atoms with E-state index >= 15 is 0 Å². The van der Waals surface area contributed by atoms with Crippen molar-refractivity contribution in [3.8, 4) is 11.8 Å². The molecule has 0 radical (unpaired) electrons. The van der Waals surface area contributed by atoms with E-state index in [0.717, 1.165) is 0 Å². The number of nitrogens with two attached hydrogens (primary N) is 1. The summed E-state index contributed by atoms with van der Waals surface area (Å²) in [6, 6.07) is 0. The van der Waals surface area contributed by atoms with E-state index in [1.807, 2.05) is 0 Å². The number of primary amides is 1. The van der Waals surface area contributed by atoms with E-state index in [4.69, 9.17) is 28.9 Å². The van der Waals surface area contributed by atoms with E-state index in [9.17, 15) is 4.79 Å². The van der Waals surface area contributed by atoms with Gasteiger partial charge in [0.2, 0.25) is 0 Å². The van der Waals surface area contributed by atoms with Crippen molar-refractivity contribution in [1.82, 2.24) is 4.98 Å². The third-order valence-electron chi connectivity index (χ3n) is 1.16. The Morgan fingerprint density at radius 1 is 1.38 bits per heavy atom. The number of aromatic nitrogens is 1. The smallest absolute Gasteiger partial charge is 0.293 e. The molecule has 0 fully saturated rings. The maximum absolute atomic E-state index is 10.3. The average Bonchev–Trinajstić information content (AvgIpc) is 2.03. The third-order valence-corrected chi connectivity index (χ3v) is 1.74. The predicted octanol–water partition coefficient (Wildman–Crippen LogP) is 1.23. The summed E-state index contributed by atoms with van der Waals surface area (Å²) in [5.74, 6) is 3.86. The predicted molar refractivity (Wildman–Crippen MR) is 50.3 cm³/mol.